The van der Waals surface area contributed by atoms with Gasteiger partial charge in [0.05, 0.1) is 19.6 Å². The number of unbranched alkanes of at least 4 members (excludes halogenated alkanes) is 18. The molecule has 1 nitrogen and oxygen atoms in total. The zero-order chi connectivity index (χ0) is 31.7. The summed E-state index contributed by atoms with van der Waals surface area (Å²) in [7, 11) is 0. The second-order valence-electron chi connectivity index (χ2n) is 13.6. The minimum Gasteiger partial charge on any atom is -0.320 e. The van der Waals surface area contributed by atoms with E-state index in [0.29, 0.717) is 0 Å². The molecule has 0 aromatic heterocycles. The first-order valence-corrected chi connectivity index (χ1v) is 19.6. The van der Waals surface area contributed by atoms with Crippen LogP contribution < -0.4 is 0 Å². The van der Waals surface area contributed by atoms with E-state index in [2.05, 4.69) is 87.6 Å². The van der Waals surface area contributed by atoms with Gasteiger partial charge in [-0.2, -0.15) is 0 Å². The van der Waals surface area contributed by atoms with Crippen LogP contribution in [0.25, 0.3) is 0 Å². The molecule has 44 heavy (non-hydrogen) atoms. The van der Waals surface area contributed by atoms with Gasteiger partial charge < -0.3 is 4.48 Å². The van der Waals surface area contributed by atoms with Crippen LogP contribution in [0.3, 0.4) is 0 Å². The van der Waals surface area contributed by atoms with Gasteiger partial charge in [0.2, 0.25) is 0 Å². The highest BCUT2D eigenvalue weighted by atomic mass is 15.3. The molecule has 0 N–H and O–H groups in total. The van der Waals surface area contributed by atoms with Crippen molar-refractivity contribution in [1.29, 1.82) is 0 Å². The fraction of sp³-hybridized carbons (Fsp3) is 0.721. The van der Waals surface area contributed by atoms with E-state index in [4.69, 9.17) is 0 Å². The van der Waals surface area contributed by atoms with Crippen LogP contribution in [-0.4, -0.2) is 24.1 Å². The third-order valence-corrected chi connectivity index (χ3v) is 9.29. The summed E-state index contributed by atoms with van der Waals surface area (Å²) in [4.78, 5) is 0. The third kappa shape index (κ3) is 24.7. The molecule has 1 aromatic carbocycles. The molecule has 1 rings (SSSR count). The van der Waals surface area contributed by atoms with Gasteiger partial charge in [-0.3, -0.25) is 0 Å². The van der Waals surface area contributed by atoms with E-state index in [9.17, 15) is 0 Å². The number of hydrogen-bond acceptors (Lipinski definition) is 0. The lowest BCUT2D eigenvalue weighted by Gasteiger charge is -2.39. The van der Waals surface area contributed by atoms with E-state index in [0.717, 1.165) is 0 Å². The van der Waals surface area contributed by atoms with Gasteiger partial charge >= 0.3 is 0 Å². The molecule has 0 radical (unpaired) electrons. The molecule has 0 saturated carbocycles. The van der Waals surface area contributed by atoms with E-state index in [1.54, 1.807) is 0 Å². The highest BCUT2D eigenvalue weighted by Crippen LogP contribution is 2.22. The van der Waals surface area contributed by atoms with E-state index >= 15 is 0 Å². The molecule has 0 aliphatic heterocycles. The standard InChI is InChI=1S/C43H76N/c1-4-7-10-13-16-19-22-25-28-34-39-44(42-43-37-32-31-33-38-43,40-35-29-26-23-20-17-14-11-8-5-2)41-36-30-27-24-21-18-15-12-9-6-3/h16-21,31-33,37-38H,4-15,22-30,34-36,39-42H2,1-3H3/q+1/b19-16+,20-17+,21-18+. The molecule has 0 bridgehead atoms. The lowest BCUT2D eigenvalue weighted by molar-refractivity contribution is -0.941. The van der Waals surface area contributed by atoms with Crippen LogP contribution in [0.15, 0.2) is 66.8 Å². The molecule has 0 heterocycles. The van der Waals surface area contributed by atoms with Crippen molar-refractivity contribution in [1.82, 2.24) is 0 Å². The van der Waals surface area contributed by atoms with Crippen molar-refractivity contribution < 1.29 is 4.48 Å². The Morgan fingerprint density at radius 2 is 0.705 bits per heavy atom. The van der Waals surface area contributed by atoms with Gasteiger partial charge in [-0.15, -0.1) is 0 Å². The largest absolute Gasteiger partial charge is 0.320 e. The van der Waals surface area contributed by atoms with Gasteiger partial charge in [0.25, 0.3) is 0 Å². The zero-order valence-electron chi connectivity index (χ0n) is 30.1. The second kappa shape index (κ2) is 31.4. The van der Waals surface area contributed by atoms with Gasteiger partial charge in [0.1, 0.15) is 6.54 Å². The molecule has 1 aromatic rings. The first-order chi connectivity index (χ1) is 21.8. The summed E-state index contributed by atoms with van der Waals surface area (Å²) < 4.78 is 1.30. The monoisotopic (exact) mass is 607 g/mol. The Labute approximate surface area is 277 Å². The molecule has 0 aliphatic rings. The van der Waals surface area contributed by atoms with E-state index < -0.39 is 0 Å². The molecule has 0 spiro atoms. The van der Waals surface area contributed by atoms with Crippen LogP contribution in [0, 0.1) is 0 Å². The van der Waals surface area contributed by atoms with Crippen LogP contribution in [0.2, 0.25) is 0 Å². The SMILES string of the molecule is CCCCC/C=C/CCCCC[N+](CCCCC/C=C/CCCCC)(CCCCC/C=C/CCCCC)Cc1ccccc1. The highest BCUT2D eigenvalue weighted by Gasteiger charge is 2.26. The number of nitrogens with zero attached hydrogens (tertiary/aromatic N) is 1. The van der Waals surface area contributed by atoms with Crippen molar-refractivity contribution >= 4 is 0 Å². The zero-order valence-corrected chi connectivity index (χ0v) is 30.1. The highest BCUT2D eigenvalue weighted by molar-refractivity contribution is 5.13. The van der Waals surface area contributed by atoms with Gasteiger partial charge in [-0.05, 0) is 116 Å². The van der Waals surface area contributed by atoms with Gasteiger partial charge in [0.15, 0.2) is 0 Å². The average molecular weight is 607 g/mol. The summed E-state index contributed by atoms with van der Waals surface area (Å²) in [5.74, 6) is 0. The first kappa shape index (κ1) is 40.4. The molecular weight excluding hydrogens is 530 g/mol. The maximum atomic E-state index is 2.46. The summed E-state index contributed by atoms with van der Waals surface area (Å²) in [6.45, 7) is 12.1. The summed E-state index contributed by atoms with van der Waals surface area (Å²) in [5.41, 5.74) is 1.53. The van der Waals surface area contributed by atoms with Crippen molar-refractivity contribution in [2.75, 3.05) is 19.6 Å². The van der Waals surface area contributed by atoms with Crippen LogP contribution >= 0.6 is 0 Å². The fourth-order valence-corrected chi connectivity index (χ4v) is 6.45. The van der Waals surface area contributed by atoms with Crippen LogP contribution in [0.4, 0.5) is 0 Å². The molecule has 0 atom stereocenters. The average Bonchev–Trinajstić information content (AvgIpc) is 3.04. The maximum absolute atomic E-state index is 2.46. The summed E-state index contributed by atoms with van der Waals surface area (Å²) in [5, 5.41) is 0. The summed E-state index contributed by atoms with van der Waals surface area (Å²) >= 11 is 0. The van der Waals surface area contributed by atoms with Gasteiger partial charge in [-0.1, -0.05) is 126 Å². The number of quaternary nitrogens is 1. The summed E-state index contributed by atoms with van der Waals surface area (Å²) in [6, 6.07) is 11.4. The Bertz CT molecular complexity index is 714. The van der Waals surface area contributed by atoms with E-state index in [1.807, 2.05) is 0 Å². The minimum absolute atomic E-state index is 1.22. The van der Waals surface area contributed by atoms with Gasteiger partial charge in [0, 0.05) is 5.56 Å². The smallest absolute Gasteiger partial charge is 0.104 e. The van der Waals surface area contributed by atoms with Crippen LogP contribution in [0.1, 0.15) is 180 Å². The molecule has 1 heteroatoms. The van der Waals surface area contributed by atoms with E-state index in [-0.39, 0.29) is 0 Å². The molecule has 0 fully saturated rings. The molecule has 0 saturated heterocycles. The van der Waals surface area contributed by atoms with Crippen molar-refractivity contribution in [2.45, 2.75) is 181 Å². The predicted octanol–water partition coefficient (Wildman–Crippen LogP) is 14.1. The maximum Gasteiger partial charge on any atom is 0.104 e. The Morgan fingerprint density at radius 3 is 1.02 bits per heavy atom. The lowest BCUT2D eigenvalue weighted by Crippen LogP contribution is -2.49. The molecule has 0 aliphatic carbocycles. The third-order valence-electron chi connectivity index (χ3n) is 9.29. The van der Waals surface area contributed by atoms with Crippen LogP contribution in [-0.2, 0) is 6.54 Å². The molecule has 0 amide bonds. The number of rotatable bonds is 32. The molecule has 252 valence electrons. The van der Waals surface area contributed by atoms with E-state index in [1.165, 1.54) is 190 Å². The molecule has 0 unspecified atom stereocenters. The van der Waals surface area contributed by atoms with Crippen molar-refractivity contribution in [2.24, 2.45) is 0 Å². The van der Waals surface area contributed by atoms with Crippen LogP contribution in [0.5, 0.6) is 0 Å². The predicted molar refractivity (Wildman–Crippen MR) is 200 cm³/mol. The number of benzene rings is 1. The van der Waals surface area contributed by atoms with Crippen molar-refractivity contribution in [3.8, 4) is 0 Å². The lowest BCUT2D eigenvalue weighted by atomic mass is 10.1. The second-order valence-corrected chi connectivity index (χ2v) is 13.6. The van der Waals surface area contributed by atoms with Gasteiger partial charge in [-0.25, -0.2) is 0 Å². The Balaban J connectivity index is 2.67. The Kier molecular flexibility index (Phi) is 28.8. The Morgan fingerprint density at radius 1 is 0.386 bits per heavy atom. The van der Waals surface area contributed by atoms with Crippen molar-refractivity contribution in [3.05, 3.63) is 72.4 Å². The number of allylic oxidation sites excluding steroid dienone is 6. The first-order valence-electron chi connectivity index (χ1n) is 19.6. The summed E-state index contributed by atoms with van der Waals surface area (Å²) in [6.07, 6.45) is 46.8. The quantitative estimate of drug-likeness (QED) is 0.0435. The number of hydrogen-bond donors (Lipinski definition) is 0. The Hall–Kier alpha value is -1.60. The molecular formula is C43H76N+. The topological polar surface area (TPSA) is 0 Å². The fourth-order valence-electron chi connectivity index (χ4n) is 6.45. The minimum atomic E-state index is 1.22. The normalized spacial score (nSPS) is 12.4. The van der Waals surface area contributed by atoms with Crippen molar-refractivity contribution in [3.63, 3.8) is 0 Å².